The number of hydrogen-bond acceptors (Lipinski definition) is 3. The van der Waals surface area contributed by atoms with Crippen molar-refractivity contribution in [1.82, 2.24) is 10.6 Å². The number of nitrogens with zero attached hydrogens (tertiary/aromatic N) is 1. The second-order valence-corrected chi connectivity index (χ2v) is 6.88. The van der Waals surface area contributed by atoms with Gasteiger partial charge in [-0.15, -0.1) is 24.0 Å². The molecule has 0 bridgehead atoms. The van der Waals surface area contributed by atoms with Crippen molar-refractivity contribution in [2.45, 2.75) is 25.0 Å². The normalized spacial score (nSPS) is 19.6. The maximum Gasteiger partial charge on any atom is 0.191 e. The highest BCUT2D eigenvalue weighted by Gasteiger charge is 2.16. The molecular weight excluding hydrogens is 445 g/mol. The van der Waals surface area contributed by atoms with E-state index in [4.69, 9.17) is 16.3 Å². The van der Waals surface area contributed by atoms with Gasteiger partial charge in [0.05, 0.1) is 6.10 Å². The molecule has 1 aliphatic rings. The third-order valence-corrected chi connectivity index (χ3v) is 5.14. The molecule has 7 heteroatoms. The molecule has 1 aliphatic heterocycles. The van der Waals surface area contributed by atoms with E-state index in [-0.39, 0.29) is 30.1 Å². The summed E-state index contributed by atoms with van der Waals surface area (Å²) >= 11 is 8.05. The van der Waals surface area contributed by atoms with E-state index in [1.54, 1.807) is 14.2 Å². The average molecular weight is 470 g/mol. The van der Waals surface area contributed by atoms with Gasteiger partial charge in [0.2, 0.25) is 0 Å². The first-order valence-corrected chi connectivity index (χ1v) is 9.09. The van der Waals surface area contributed by atoms with E-state index in [0.717, 1.165) is 22.3 Å². The zero-order valence-electron chi connectivity index (χ0n) is 13.5. The molecule has 2 rings (SSSR count). The third kappa shape index (κ3) is 7.07. The fraction of sp³-hybridized carbons (Fsp3) is 0.562. The van der Waals surface area contributed by atoms with Crippen molar-refractivity contribution in [2.24, 2.45) is 4.99 Å². The molecule has 0 radical (unpaired) electrons. The van der Waals surface area contributed by atoms with Gasteiger partial charge < -0.3 is 15.4 Å². The monoisotopic (exact) mass is 469 g/mol. The summed E-state index contributed by atoms with van der Waals surface area (Å²) in [6.45, 7) is 0.649. The van der Waals surface area contributed by atoms with Gasteiger partial charge in [0, 0.05) is 37.5 Å². The SMILES string of the molecule is CN=C(NCC(OC)c1cccc(Cl)c1)NC1CCCSC1.I. The Morgan fingerprint density at radius 3 is 2.96 bits per heavy atom. The molecule has 2 atom stereocenters. The van der Waals surface area contributed by atoms with Crippen molar-refractivity contribution >= 4 is 53.3 Å². The summed E-state index contributed by atoms with van der Waals surface area (Å²) in [6.07, 6.45) is 2.41. The average Bonchev–Trinajstić information content (AvgIpc) is 2.55. The van der Waals surface area contributed by atoms with E-state index in [1.807, 2.05) is 36.0 Å². The highest BCUT2D eigenvalue weighted by molar-refractivity contribution is 14.0. The highest BCUT2D eigenvalue weighted by atomic mass is 127. The van der Waals surface area contributed by atoms with Crippen LogP contribution in [0.15, 0.2) is 29.3 Å². The number of thioether (sulfide) groups is 1. The molecule has 2 unspecified atom stereocenters. The van der Waals surface area contributed by atoms with E-state index in [1.165, 1.54) is 18.6 Å². The van der Waals surface area contributed by atoms with E-state index < -0.39 is 0 Å². The number of methoxy groups -OCH3 is 1. The van der Waals surface area contributed by atoms with Crippen molar-refractivity contribution in [1.29, 1.82) is 0 Å². The first-order valence-electron chi connectivity index (χ1n) is 7.56. The van der Waals surface area contributed by atoms with Gasteiger partial charge in [-0.25, -0.2) is 0 Å². The summed E-state index contributed by atoms with van der Waals surface area (Å²) in [7, 11) is 3.51. The lowest BCUT2D eigenvalue weighted by Gasteiger charge is -2.25. The molecule has 0 saturated carbocycles. The number of guanidine groups is 1. The Hall–Kier alpha value is -0.180. The molecule has 1 fully saturated rings. The van der Waals surface area contributed by atoms with Crippen LogP contribution < -0.4 is 10.6 Å². The number of benzene rings is 1. The summed E-state index contributed by atoms with van der Waals surface area (Å²) in [5, 5.41) is 7.55. The second kappa shape index (κ2) is 11.4. The van der Waals surface area contributed by atoms with Gasteiger partial charge in [0.25, 0.3) is 0 Å². The number of aliphatic imine (C=N–C) groups is 1. The molecule has 0 amide bonds. The Kier molecular flexibility index (Phi) is 10.3. The molecule has 2 N–H and O–H groups in total. The van der Waals surface area contributed by atoms with Crippen molar-refractivity contribution in [2.75, 3.05) is 32.2 Å². The topological polar surface area (TPSA) is 45.7 Å². The fourth-order valence-corrected chi connectivity index (χ4v) is 3.75. The van der Waals surface area contributed by atoms with Crippen LogP contribution in [0.1, 0.15) is 24.5 Å². The number of halogens is 2. The number of ether oxygens (including phenoxy) is 1. The van der Waals surface area contributed by atoms with Crippen LogP contribution in [0, 0.1) is 0 Å². The van der Waals surface area contributed by atoms with Crippen LogP contribution in [0.5, 0.6) is 0 Å². The van der Waals surface area contributed by atoms with Gasteiger partial charge in [0.1, 0.15) is 0 Å². The summed E-state index contributed by atoms with van der Waals surface area (Å²) in [5.74, 6) is 3.24. The minimum Gasteiger partial charge on any atom is -0.375 e. The molecular formula is C16H25ClIN3OS. The number of hydrogen-bond donors (Lipinski definition) is 2. The van der Waals surface area contributed by atoms with Crippen molar-refractivity contribution in [3.8, 4) is 0 Å². The van der Waals surface area contributed by atoms with E-state index in [0.29, 0.717) is 12.6 Å². The van der Waals surface area contributed by atoms with Crippen molar-refractivity contribution in [3.05, 3.63) is 34.9 Å². The van der Waals surface area contributed by atoms with Gasteiger partial charge in [-0.1, -0.05) is 23.7 Å². The molecule has 4 nitrogen and oxygen atoms in total. The van der Waals surface area contributed by atoms with Gasteiger partial charge in [-0.2, -0.15) is 11.8 Å². The molecule has 1 aromatic carbocycles. The quantitative estimate of drug-likeness (QED) is 0.392. The molecule has 0 aromatic heterocycles. The largest absolute Gasteiger partial charge is 0.375 e. The molecule has 1 heterocycles. The van der Waals surface area contributed by atoms with Crippen LogP contribution in [0.3, 0.4) is 0 Å². The minimum absolute atomic E-state index is 0. The molecule has 0 aliphatic carbocycles. The molecule has 0 spiro atoms. The Morgan fingerprint density at radius 1 is 1.52 bits per heavy atom. The Labute approximate surface area is 165 Å². The van der Waals surface area contributed by atoms with E-state index in [9.17, 15) is 0 Å². The van der Waals surface area contributed by atoms with Crippen LogP contribution in [0.4, 0.5) is 0 Å². The molecule has 1 saturated heterocycles. The zero-order chi connectivity index (χ0) is 15.8. The van der Waals surface area contributed by atoms with Gasteiger partial charge in [0.15, 0.2) is 5.96 Å². The second-order valence-electron chi connectivity index (χ2n) is 5.29. The maximum atomic E-state index is 6.05. The lowest BCUT2D eigenvalue weighted by Crippen LogP contribution is -2.46. The Morgan fingerprint density at radius 2 is 2.35 bits per heavy atom. The lowest BCUT2D eigenvalue weighted by atomic mass is 10.1. The molecule has 1 aromatic rings. The summed E-state index contributed by atoms with van der Waals surface area (Å²) in [5.41, 5.74) is 1.06. The molecule has 23 heavy (non-hydrogen) atoms. The fourth-order valence-electron chi connectivity index (χ4n) is 2.48. The van der Waals surface area contributed by atoms with Crippen LogP contribution in [-0.2, 0) is 4.74 Å². The minimum atomic E-state index is -0.0574. The third-order valence-electron chi connectivity index (χ3n) is 3.68. The first kappa shape index (κ1) is 20.9. The van der Waals surface area contributed by atoms with Crippen LogP contribution in [-0.4, -0.2) is 44.2 Å². The van der Waals surface area contributed by atoms with Crippen LogP contribution in [0.25, 0.3) is 0 Å². The van der Waals surface area contributed by atoms with Gasteiger partial charge in [-0.05, 0) is 36.3 Å². The Balaban J connectivity index is 0.00000264. The lowest BCUT2D eigenvalue weighted by molar-refractivity contribution is 0.106. The first-order chi connectivity index (χ1) is 10.7. The van der Waals surface area contributed by atoms with Crippen LogP contribution >= 0.6 is 47.3 Å². The van der Waals surface area contributed by atoms with Gasteiger partial charge in [-0.3, -0.25) is 4.99 Å². The predicted molar refractivity (Wildman–Crippen MR) is 111 cm³/mol. The van der Waals surface area contributed by atoms with E-state index in [2.05, 4.69) is 15.6 Å². The van der Waals surface area contributed by atoms with Crippen LogP contribution in [0.2, 0.25) is 5.02 Å². The smallest absolute Gasteiger partial charge is 0.191 e. The van der Waals surface area contributed by atoms with Gasteiger partial charge >= 0.3 is 0 Å². The summed E-state index contributed by atoms with van der Waals surface area (Å²) < 4.78 is 5.57. The van der Waals surface area contributed by atoms with E-state index >= 15 is 0 Å². The standard InChI is InChI=1S/C16H24ClN3OS.HI/c1-18-16(20-14-7-4-8-22-11-14)19-10-15(21-2)12-5-3-6-13(17)9-12;/h3,5-6,9,14-15H,4,7-8,10-11H2,1-2H3,(H2,18,19,20);1H. The number of nitrogens with one attached hydrogen (secondary N) is 2. The summed E-state index contributed by atoms with van der Waals surface area (Å²) in [6, 6.07) is 8.26. The van der Waals surface area contributed by atoms with Crippen molar-refractivity contribution in [3.63, 3.8) is 0 Å². The summed E-state index contributed by atoms with van der Waals surface area (Å²) in [4.78, 5) is 4.30. The maximum absolute atomic E-state index is 6.05. The molecule has 130 valence electrons. The van der Waals surface area contributed by atoms with Crippen molar-refractivity contribution < 1.29 is 4.74 Å². The number of rotatable bonds is 5. The zero-order valence-corrected chi connectivity index (χ0v) is 17.5. The highest BCUT2D eigenvalue weighted by Crippen LogP contribution is 2.20. The predicted octanol–water partition coefficient (Wildman–Crippen LogP) is 3.71. The Bertz CT molecular complexity index is 498.